The smallest absolute Gasteiger partial charge is 0.318 e. The molecule has 0 amide bonds. The SMILES string of the molecule is CCS(=O)(=O)NCCc1ccc(S(=O)(=O)N(C)CC(=O)O)s1. The van der Waals surface area contributed by atoms with Gasteiger partial charge in [-0.1, -0.05) is 0 Å². The summed E-state index contributed by atoms with van der Waals surface area (Å²) < 4.78 is 50.0. The molecule has 0 aliphatic rings. The molecule has 0 radical (unpaired) electrons. The first kappa shape index (κ1) is 19.0. The van der Waals surface area contributed by atoms with Crippen molar-refractivity contribution in [1.29, 1.82) is 0 Å². The van der Waals surface area contributed by atoms with Crippen molar-refractivity contribution in [2.75, 3.05) is 25.9 Å². The molecule has 1 aromatic rings. The second kappa shape index (κ2) is 7.51. The summed E-state index contributed by atoms with van der Waals surface area (Å²) in [5, 5.41) is 8.65. The minimum absolute atomic E-state index is 0.0168. The average molecular weight is 370 g/mol. The van der Waals surface area contributed by atoms with E-state index in [1.807, 2.05) is 0 Å². The van der Waals surface area contributed by atoms with Gasteiger partial charge in [0, 0.05) is 18.5 Å². The molecule has 0 unspecified atom stereocenters. The number of rotatable bonds is 9. The molecule has 0 aliphatic carbocycles. The Balaban J connectivity index is 2.73. The normalized spacial score (nSPS) is 12.7. The Morgan fingerprint density at radius 2 is 1.95 bits per heavy atom. The van der Waals surface area contributed by atoms with Gasteiger partial charge in [-0.2, -0.15) is 4.31 Å². The molecule has 11 heteroatoms. The number of nitrogens with one attached hydrogen (secondary N) is 1. The van der Waals surface area contributed by atoms with Gasteiger partial charge in [0.2, 0.25) is 10.0 Å². The highest BCUT2D eigenvalue weighted by atomic mass is 32.2. The molecule has 0 bridgehead atoms. The molecule has 0 atom stereocenters. The number of thiophene rings is 1. The molecule has 0 fully saturated rings. The summed E-state index contributed by atoms with van der Waals surface area (Å²) in [6.07, 6.45) is 0.363. The molecular formula is C11H18N2O6S3. The van der Waals surface area contributed by atoms with Crippen LogP contribution in [0.15, 0.2) is 16.3 Å². The Labute approximate surface area is 133 Å². The zero-order valence-corrected chi connectivity index (χ0v) is 14.6. The van der Waals surface area contributed by atoms with Crippen LogP contribution in [0, 0.1) is 0 Å². The number of hydrogen-bond acceptors (Lipinski definition) is 6. The fourth-order valence-electron chi connectivity index (χ4n) is 1.49. The summed E-state index contributed by atoms with van der Waals surface area (Å²) in [6.45, 7) is 1.09. The molecule has 8 nitrogen and oxygen atoms in total. The summed E-state index contributed by atoms with van der Waals surface area (Å²) in [7, 11) is -5.92. The number of sulfonamides is 2. The van der Waals surface area contributed by atoms with Crippen molar-refractivity contribution in [3.8, 4) is 0 Å². The predicted octanol–water partition coefficient (Wildman–Crippen LogP) is -0.0650. The predicted molar refractivity (Wildman–Crippen MR) is 82.9 cm³/mol. The number of aliphatic carboxylic acids is 1. The van der Waals surface area contributed by atoms with Gasteiger partial charge in [0.05, 0.1) is 5.75 Å². The van der Waals surface area contributed by atoms with E-state index in [1.165, 1.54) is 20.0 Å². The lowest BCUT2D eigenvalue weighted by Gasteiger charge is -2.12. The standard InChI is InChI=1S/C11H18N2O6S3/c1-3-21(16,17)12-7-6-9-4-5-11(20-9)22(18,19)13(2)8-10(14)15/h4-5,12H,3,6-8H2,1-2H3,(H,14,15). The molecule has 2 N–H and O–H groups in total. The Morgan fingerprint density at radius 1 is 1.32 bits per heavy atom. The van der Waals surface area contributed by atoms with E-state index in [1.54, 1.807) is 6.07 Å². The van der Waals surface area contributed by atoms with Crippen LogP contribution in [-0.2, 0) is 31.3 Å². The first-order chi connectivity index (χ1) is 10.1. The molecule has 1 rings (SSSR count). The van der Waals surface area contributed by atoms with Crippen molar-refractivity contribution < 1.29 is 26.7 Å². The second-order valence-corrected chi connectivity index (χ2v) is 9.96. The number of carboxylic acid groups (broad SMARTS) is 1. The topological polar surface area (TPSA) is 121 Å². The Morgan fingerprint density at radius 3 is 2.50 bits per heavy atom. The fraction of sp³-hybridized carbons (Fsp3) is 0.545. The number of likely N-dealkylation sites (N-methyl/N-ethyl adjacent to an activating group) is 1. The molecular weight excluding hydrogens is 352 g/mol. The van der Waals surface area contributed by atoms with E-state index in [2.05, 4.69) is 4.72 Å². The van der Waals surface area contributed by atoms with E-state index in [-0.39, 0.29) is 16.5 Å². The van der Waals surface area contributed by atoms with Gasteiger partial charge in [0.15, 0.2) is 0 Å². The van der Waals surface area contributed by atoms with E-state index < -0.39 is 32.6 Å². The van der Waals surface area contributed by atoms with Gasteiger partial charge in [0.1, 0.15) is 10.8 Å². The van der Waals surface area contributed by atoms with E-state index in [4.69, 9.17) is 5.11 Å². The molecule has 0 spiro atoms. The van der Waals surface area contributed by atoms with Crippen LogP contribution in [0.5, 0.6) is 0 Å². The summed E-state index contributed by atoms with van der Waals surface area (Å²) in [4.78, 5) is 11.3. The minimum Gasteiger partial charge on any atom is -0.480 e. The Bertz CT molecular complexity index is 723. The van der Waals surface area contributed by atoms with E-state index in [9.17, 15) is 21.6 Å². The quantitative estimate of drug-likeness (QED) is 0.628. The number of hydrogen-bond donors (Lipinski definition) is 2. The maximum atomic E-state index is 12.1. The van der Waals surface area contributed by atoms with Crippen LogP contribution >= 0.6 is 11.3 Å². The molecule has 126 valence electrons. The molecule has 1 heterocycles. The maximum absolute atomic E-state index is 12.1. The maximum Gasteiger partial charge on any atom is 0.318 e. The summed E-state index contributed by atoms with van der Waals surface area (Å²) in [6, 6.07) is 2.98. The van der Waals surface area contributed by atoms with Crippen LogP contribution in [0.2, 0.25) is 0 Å². The van der Waals surface area contributed by atoms with E-state index >= 15 is 0 Å². The van der Waals surface area contributed by atoms with Crippen LogP contribution in [0.1, 0.15) is 11.8 Å². The Kier molecular flexibility index (Phi) is 6.50. The van der Waals surface area contributed by atoms with Gasteiger partial charge >= 0.3 is 5.97 Å². The van der Waals surface area contributed by atoms with Gasteiger partial charge < -0.3 is 5.11 Å². The highest BCUT2D eigenvalue weighted by Crippen LogP contribution is 2.24. The van der Waals surface area contributed by atoms with Crippen LogP contribution in [0.3, 0.4) is 0 Å². The monoisotopic (exact) mass is 370 g/mol. The third-order valence-electron chi connectivity index (χ3n) is 2.73. The third kappa shape index (κ3) is 5.32. The van der Waals surface area contributed by atoms with Crippen LogP contribution in [0.4, 0.5) is 0 Å². The van der Waals surface area contributed by atoms with Crippen LogP contribution < -0.4 is 4.72 Å². The van der Waals surface area contributed by atoms with Gasteiger partial charge in [0.25, 0.3) is 10.0 Å². The van der Waals surface area contributed by atoms with Crippen molar-refractivity contribution >= 4 is 37.4 Å². The Hall–Kier alpha value is -1.01. The van der Waals surface area contributed by atoms with Gasteiger partial charge in [-0.3, -0.25) is 4.79 Å². The zero-order valence-electron chi connectivity index (χ0n) is 12.1. The lowest BCUT2D eigenvalue weighted by Crippen LogP contribution is -2.31. The second-order valence-electron chi connectivity index (χ2n) is 4.42. The highest BCUT2D eigenvalue weighted by molar-refractivity contribution is 7.91. The lowest BCUT2D eigenvalue weighted by atomic mass is 10.3. The molecule has 0 saturated carbocycles. The third-order valence-corrected chi connectivity index (χ3v) is 7.55. The van der Waals surface area contributed by atoms with Gasteiger partial charge in [-0.15, -0.1) is 11.3 Å². The van der Waals surface area contributed by atoms with E-state index in [0.717, 1.165) is 15.6 Å². The van der Waals surface area contributed by atoms with E-state index in [0.29, 0.717) is 11.3 Å². The van der Waals surface area contributed by atoms with Crippen LogP contribution in [-0.4, -0.2) is 58.1 Å². The highest BCUT2D eigenvalue weighted by Gasteiger charge is 2.24. The number of nitrogens with zero attached hydrogens (tertiary/aromatic N) is 1. The summed E-state index contributed by atoms with van der Waals surface area (Å²) >= 11 is 0.996. The molecule has 22 heavy (non-hydrogen) atoms. The van der Waals surface area contributed by atoms with Crippen molar-refractivity contribution in [1.82, 2.24) is 9.03 Å². The number of carboxylic acids is 1. The van der Waals surface area contributed by atoms with Gasteiger partial charge in [-0.05, 0) is 25.5 Å². The minimum atomic E-state index is -3.84. The molecule has 0 aromatic carbocycles. The fourth-order valence-corrected chi connectivity index (χ4v) is 4.80. The van der Waals surface area contributed by atoms with Crippen molar-refractivity contribution in [3.05, 3.63) is 17.0 Å². The van der Waals surface area contributed by atoms with Crippen LogP contribution in [0.25, 0.3) is 0 Å². The van der Waals surface area contributed by atoms with Crippen molar-refractivity contribution in [2.45, 2.75) is 17.6 Å². The summed E-state index contributed by atoms with van der Waals surface area (Å²) in [5.74, 6) is -1.26. The largest absolute Gasteiger partial charge is 0.480 e. The van der Waals surface area contributed by atoms with Crippen molar-refractivity contribution in [3.63, 3.8) is 0 Å². The molecule has 0 saturated heterocycles. The zero-order chi connectivity index (χ0) is 17.0. The van der Waals surface area contributed by atoms with Crippen molar-refractivity contribution in [2.24, 2.45) is 0 Å². The first-order valence-electron chi connectivity index (χ1n) is 6.32. The first-order valence-corrected chi connectivity index (χ1v) is 10.2. The lowest BCUT2D eigenvalue weighted by molar-refractivity contribution is -0.137. The number of carbonyl (C=O) groups is 1. The molecule has 1 aromatic heterocycles. The average Bonchev–Trinajstić information content (AvgIpc) is 2.87. The summed E-state index contributed by atoms with van der Waals surface area (Å²) in [5.41, 5.74) is 0. The van der Waals surface area contributed by atoms with Gasteiger partial charge in [-0.25, -0.2) is 21.6 Å². The molecule has 0 aliphatic heterocycles.